The van der Waals surface area contributed by atoms with Gasteiger partial charge in [0.1, 0.15) is 4.61 Å². The summed E-state index contributed by atoms with van der Waals surface area (Å²) >= 11 is 2.01. The van der Waals surface area contributed by atoms with Gasteiger partial charge in [0.25, 0.3) is 0 Å². The molecule has 0 aromatic heterocycles. The van der Waals surface area contributed by atoms with Gasteiger partial charge in [-0.15, -0.1) is 0 Å². The Morgan fingerprint density at radius 2 is 2.33 bits per heavy atom. The Bertz CT molecular complexity index is 146. The van der Waals surface area contributed by atoms with Gasteiger partial charge in [-0.05, 0) is 29.0 Å². The fourth-order valence-corrected chi connectivity index (χ4v) is 1.33. The molecular formula is C7H12INO3. The minimum absolute atomic E-state index is 0.227. The minimum atomic E-state index is -0.227. The quantitative estimate of drug-likeness (QED) is 0.537. The van der Waals surface area contributed by atoms with Crippen molar-refractivity contribution in [2.45, 2.75) is 6.42 Å². The Morgan fingerprint density at radius 3 is 3.08 bits per heavy atom. The molecule has 1 aliphatic rings. The Kier molecular flexibility index (Phi) is 4.67. The maximum absolute atomic E-state index is 11.2. The zero-order valence-electron chi connectivity index (χ0n) is 6.79. The van der Waals surface area contributed by atoms with E-state index in [1.807, 2.05) is 22.6 Å². The highest BCUT2D eigenvalue weighted by atomic mass is 127. The van der Waals surface area contributed by atoms with Gasteiger partial charge in [-0.3, -0.25) is 0 Å². The van der Waals surface area contributed by atoms with Gasteiger partial charge in [0.05, 0.1) is 6.61 Å². The maximum Gasteiger partial charge on any atom is 0.410 e. The maximum atomic E-state index is 11.2. The molecule has 0 unspecified atom stereocenters. The van der Waals surface area contributed by atoms with Crippen molar-refractivity contribution >= 4 is 28.7 Å². The molecule has 1 heterocycles. The molecule has 70 valence electrons. The van der Waals surface area contributed by atoms with Crippen LogP contribution in [0.15, 0.2) is 0 Å². The lowest BCUT2D eigenvalue weighted by Crippen LogP contribution is -2.33. The first-order valence-electron chi connectivity index (χ1n) is 3.90. The van der Waals surface area contributed by atoms with Crippen LogP contribution in [-0.2, 0) is 9.47 Å². The van der Waals surface area contributed by atoms with Crippen molar-refractivity contribution in [1.82, 2.24) is 4.90 Å². The topological polar surface area (TPSA) is 38.8 Å². The summed E-state index contributed by atoms with van der Waals surface area (Å²) < 4.78 is 10.5. The number of rotatable bonds is 1. The monoisotopic (exact) mass is 285 g/mol. The number of nitrogens with zero attached hydrogens (tertiary/aromatic N) is 1. The number of carbonyl (C=O) groups excluding carboxylic acids is 1. The van der Waals surface area contributed by atoms with Crippen LogP contribution in [0.3, 0.4) is 0 Å². The average molecular weight is 285 g/mol. The lowest BCUT2D eigenvalue weighted by atomic mass is 10.4. The lowest BCUT2D eigenvalue weighted by Gasteiger charge is -2.17. The van der Waals surface area contributed by atoms with Crippen LogP contribution < -0.4 is 0 Å². The number of amides is 1. The third kappa shape index (κ3) is 3.14. The average Bonchev–Trinajstić information content (AvgIpc) is 2.32. The van der Waals surface area contributed by atoms with E-state index in [1.54, 1.807) is 4.90 Å². The standard InChI is InChI=1S/C7H12INO3/c8-6-12-7(10)9-2-1-4-11-5-3-9/h1-6H2. The summed E-state index contributed by atoms with van der Waals surface area (Å²) in [6.07, 6.45) is 0.672. The molecule has 0 aromatic carbocycles. The summed E-state index contributed by atoms with van der Waals surface area (Å²) in [7, 11) is 0. The van der Waals surface area contributed by atoms with Crippen LogP contribution in [-0.4, -0.2) is 41.9 Å². The second-order valence-corrected chi connectivity index (χ2v) is 3.10. The molecule has 12 heavy (non-hydrogen) atoms. The van der Waals surface area contributed by atoms with Crippen molar-refractivity contribution in [2.75, 3.05) is 30.9 Å². The highest BCUT2D eigenvalue weighted by molar-refractivity contribution is 14.1. The van der Waals surface area contributed by atoms with Crippen LogP contribution in [0.5, 0.6) is 0 Å². The van der Waals surface area contributed by atoms with E-state index in [4.69, 9.17) is 9.47 Å². The van der Waals surface area contributed by atoms with Crippen LogP contribution >= 0.6 is 22.6 Å². The van der Waals surface area contributed by atoms with E-state index in [-0.39, 0.29) is 6.09 Å². The van der Waals surface area contributed by atoms with E-state index < -0.39 is 0 Å². The van der Waals surface area contributed by atoms with Crippen molar-refractivity contribution in [3.05, 3.63) is 0 Å². The number of hydrogen-bond acceptors (Lipinski definition) is 3. The van der Waals surface area contributed by atoms with E-state index in [9.17, 15) is 4.79 Å². The molecule has 5 heteroatoms. The fourth-order valence-electron chi connectivity index (χ4n) is 1.07. The summed E-state index contributed by atoms with van der Waals surface area (Å²) in [6, 6.07) is 0. The number of ether oxygens (including phenoxy) is 2. The third-order valence-electron chi connectivity index (χ3n) is 1.66. The van der Waals surface area contributed by atoms with Crippen molar-refractivity contribution in [3.63, 3.8) is 0 Å². The smallest absolute Gasteiger partial charge is 0.410 e. The molecule has 0 spiro atoms. The van der Waals surface area contributed by atoms with Gasteiger partial charge in [0.15, 0.2) is 0 Å². The van der Waals surface area contributed by atoms with Crippen molar-refractivity contribution in [3.8, 4) is 0 Å². The second-order valence-electron chi connectivity index (χ2n) is 2.47. The molecular weight excluding hydrogens is 273 g/mol. The molecule has 0 aromatic rings. The van der Waals surface area contributed by atoms with Crippen LogP contribution in [0, 0.1) is 0 Å². The zero-order valence-corrected chi connectivity index (χ0v) is 8.95. The first kappa shape index (κ1) is 10.0. The van der Waals surface area contributed by atoms with Gasteiger partial charge in [0, 0.05) is 19.7 Å². The zero-order chi connectivity index (χ0) is 8.81. The fraction of sp³-hybridized carbons (Fsp3) is 0.857. The normalized spacial score (nSPS) is 18.6. The van der Waals surface area contributed by atoms with Gasteiger partial charge in [-0.25, -0.2) is 4.79 Å². The summed E-state index contributed by atoms with van der Waals surface area (Å²) in [5, 5.41) is 0. The molecule has 1 aliphatic heterocycles. The van der Waals surface area contributed by atoms with Crippen molar-refractivity contribution in [2.24, 2.45) is 0 Å². The molecule has 0 atom stereocenters. The number of hydrogen-bond donors (Lipinski definition) is 0. The van der Waals surface area contributed by atoms with Crippen LogP contribution in [0.25, 0.3) is 0 Å². The SMILES string of the molecule is O=C(OCI)N1CCCOCC1. The first-order valence-corrected chi connectivity index (χ1v) is 5.42. The van der Waals surface area contributed by atoms with Crippen molar-refractivity contribution < 1.29 is 14.3 Å². The van der Waals surface area contributed by atoms with Gasteiger partial charge >= 0.3 is 6.09 Å². The van der Waals surface area contributed by atoms with Crippen LogP contribution in [0.2, 0.25) is 0 Å². The highest BCUT2D eigenvalue weighted by Crippen LogP contribution is 2.02. The largest absolute Gasteiger partial charge is 0.439 e. The molecule has 0 N–H and O–H groups in total. The Hall–Kier alpha value is -0.0400. The molecule has 4 nitrogen and oxygen atoms in total. The van der Waals surface area contributed by atoms with Gasteiger partial charge in [-0.2, -0.15) is 0 Å². The number of halogens is 1. The summed E-state index contributed by atoms with van der Waals surface area (Å²) in [5.41, 5.74) is 0. The number of carbonyl (C=O) groups is 1. The summed E-state index contributed by atoms with van der Waals surface area (Å²) in [4.78, 5) is 12.9. The highest BCUT2D eigenvalue weighted by Gasteiger charge is 2.15. The van der Waals surface area contributed by atoms with Gasteiger partial charge in [0.2, 0.25) is 0 Å². The predicted molar refractivity (Wildman–Crippen MR) is 52.4 cm³/mol. The minimum Gasteiger partial charge on any atom is -0.439 e. The van der Waals surface area contributed by atoms with Crippen LogP contribution in [0.1, 0.15) is 6.42 Å². The van der Waals surface area contributed by atoms with Gasteiger partial charge < -0.3 is 14.4 Å². The van der Waals surface area contributed by atoms with E-state index in [2.05, 4.69) is 0 Å². The van der Waals surface area contributed by atoms with E-state index in [0.29, 0.717) is 17.8 Å². The number of alkyl halides is 1. The molecule has 1 saturated heterocycles. The molecule has 0 radical (unpaired) electrons. The predicted octanol–water partition coefficient (Wildman–Crippen LogP) is 1.24. The second kappa shape index (κ2) is 5.58. The van der Waals surface area contributed by atoms with E-state index in [1.165, 1.54) is 0 Å². The van der Waals surface area contributed by atoms with E-state index >= 15 is 0 Å². The van der Waals surface area contributed by atoms with Gasteiger partial charge in [-0.1, -0.05) is 0 Å². The Balaban J connectivity index is 2.32. The Labute approximate surface area is 85.3 Å². The summed E-state index contributed by atoms with van der Waals surface area (Å²) in [6.45, 7) is 2.76. The van der Waals surface area contributed by atoms with E-state index in [0.717, 1.165) is 19.6 Å². The summed E-state index contributed by atoms with van der Waals surface area (Å²) in [5.74, 6) is 0. The lowest BCUT2D eigenvalue weighted by molar-refractivity contribution is 0.112. The molecule has 1 amide bonds. The Morgan fingerprint density at radius 1 is 1.50 bits per heavy atom. The third-order valence-corrected chi connectivity index (χ3v) is 1.97. The first-order chi connectivity index (χ1) is 5.84. The molecule has 0 bridgehead atoms. The molecule has 1 rings (SSSR count). The molecule has 0 aliphatic carbocycles. The molecule has 1 fully saturated rings. The van der Waals surface area contributed by atoms with Crippen LogP contribution in [0.4, 0.5) is 4.79 Å². The molecule has 0 saturated carbocycles. The van der Waals surface area contributed by atoms with Crippen molar-refractivity contribution in [1.29, 1.82) is 0 Å².